The lowest BCUT2D eigenvalue weighted by Crippen LogP contribution is -2.24. The van der Waals surface area contributed by atoms with Crippen molar-refractivity contribution in [1.82, 2.24) is 20.3 Å². The van der Waals surface area contributed by atoms with Gasteiger partial charge in [0.15, 0.2) is 0 Å². The first-order chi connectivity index (χ1) is 13.6. The van der Waals surface area contributed by atoms with E-state index in [1.54, 1.807) is 12.1 Å². The first-order valence-corrected chi connectivity index (χ1v) is 11.3. The Morgan fingerprint density at radius 1 is 1.18 bits per heavy atom. The Kier molecular flexibility index (Phi) is 9.40. The summed E-state index contributed by atoms with van der Waals surface area (Å²) in [5, 5.41) is 11.2. The third-order valence-electron chi connectivity index (χ3n) is 4.35. The Morgan fingerprint density at radius 3 is 2.68 bits per heavy atom. The molecule has 1 N–H and O–H groups in total. The minimum absolute atomic E-state index is 0.0735. The van der Waals surface area contributed by atoms with Crippen molar-refractivity contribution < 1.29 is 14.3 Å². The van der Waals surface area contributed by atoms with Crippen LogP contribution in [0.1, 0.15) is 40.9 Å². The fourth-order valence-corrected chi connectivity index (χ4v) is 3.29. The van der Waals surface area contributed by atoms with E-state index in [1.807, 2.05) is 23.0 Å². The van der Waals surface area contributed by atoms with Crippen LogP contribution in [-0.4, -0.2) is 50.0 Å². The highest BCUT2D eigenvalue weighted by molar-refractivity contribution is 6.33. The van der Waals surface area contributed by atoms with Crippen LogP contribution in [-0.2, 0) is 28.9 Å². The van der Waals surface area contributed by atoms with Gasteiger partial charge in [0, 0.05) is 41.6 Å². The fraction of sp³-hybridized carbons (Fsp3) is 0.500. The average Bonchev–Trinajstić information content (AvgIpc) is 3.17. The molecule has 0 unspecified atom stereocenters. The van der Waals surface area contributed by atoms with Gasteiger partial charge in [0.25, 0.3) is 0 Å². The maximum Gasteiger partial charge on any atom is 0.337 e. The van der Waals surface area contributed by atoms with E-state index in [0.29, 0.717) is 18.4 Å². The maximum absolute atomic E-state index is 11.8. The van der Waals surface area contributed by atoms with Crippen LogP contribution in [0.2, 0.25) is 12.6 Å². The van der Waals surface area contributed by atoms with Crippen molar-refractivity contribution in [2.24, 2.45) is 0 Å². The van der Waals surface area contributed by atoms with E-state index in [9.17, 15) is 9.59 Å². The van der Waals surface area contributed by atoms with Gasteiger partial charge in [-0.1, -0.05) is 29.9 Å². The van der Waals surface area contributed by atoms with Crippen LogP contribution in [0.25, 0.3) is 0 Å². The van der Waals surface area contributed by atoms with Gasteiger partial charge in [0.2, 0.25) is 5.91 Å². The molecule has 1 aromatic carbocycles. The minimum atomic E-state index is -0.323. The van der Waals surface area contributed by atoms with Crippen molar-refractivity contribution >= 4 is 21.4 Å². The van der Waals surface area contributed by atoms with Gasteiger partial charge in [-0.3, -0.25) is 9.48 Å². The number of nitrogens with one attached hydrogen (secondary N) is 1. The first-order valence-electron chi connectivity index (χ1n) is 9.60. The van der Waals surface area contributed by atoms with E-state index in [1.165, 1.54) is 13.2 Å². The van der Waals surface area contributed by atoms with Crippen molar-refractivity contribution in [2.45, 2.75) is 51.2 Å². The van der Waals surface area contributed by atoms with Crippen LogP contribution < -0.4 is 5.32 Å². The summed E-state index contributed by atoms with van der Waals surface area (Å²) in [6.07, 6.45) is 5.81. The molecule has 0 aliphatic carbocycles. The van der Waals surface area contributed by atoms with Gasteiger partial charge in [-0.2, -0.15) is 0 Å². The molecule has 2 radical (unpaired) electrons. The molecule has 0 aliphatic heterocycles. The molecule has 1 heterocycles. The Labute approximate surface area is 168 Å². The first kappa shape index (κ1) is 21.8. The number of nitrogens with zero attached hydrogens (tertiary/aromatic N) is 3. The predicted molar refractivity (Wildman–Crippen MR) is 108 cm³/mol. The normalized spacial score (nSPS) is 10.6. The molecule has 7 nitrogen and oxygen atoms in total. The molecule has 0 saturated heterocycles. The Hall–Kier alpha value is -2.48. The molecule has 1 amide bonds. The molecule has 8 heteroatoms. The Balaban J connectivity index is 1.67. The second-order valence-electron chi connectivity index (χ2n) is 6.57. The van der Waals surface area contributed by atoms with E-state index < -0.39 is 0 Å². The average molecular weight is 401 g/mol. The van der Waals surface area contributed by atoms with Gasteiger partial charge in [0.1, 0.15) is 0 Å². The van der Waals surface area contributed by atoms with Crippen LogP contribution in [0.4, 0.5) is 0 Å². The highest BCUT2D eigenvalue weighted by Crippen LogP contribution is 2.09. The molecular formula is C20H28N4O3Si. The number of esters is 1. The number of aryl methyl sites for hydroxylation is 3. The summed E-state index contributed by atoms with van der Waals surface area (Å²) in [6.45, 7) is 3.69. The summed E-state index contributed by atoms with van der Waals surface area (Å²) in [6, 6.07) is 8.62. The second-order valence-corrected chi connectivity index (χ2v) is 7.78. The molecule has 0 fully saturated rings. The van der Waals surface area contributed by atoms with E-state index in [0.717, 1.165) is 53.1 Å². The largest absolute Gasteiger partial charge is 0.465 e. The van der Waals surface area contributed by atoms with Crippen LogP contribution in [0, 0.1) is 0 Å². The molecule has 0 aliphatic rings. The summed E-state index contributed by atoms with van der Waals surface area (Å²) in [5.74, 6) is -0.249. The van der Waals surface area contributed by atoms with Crippen molar-refractivity contribution in [1.29, 1.82) is 0 Å². The zero-order valence-electron chi connectivity index (χ0n) is 16.6. The molecule has 2 rings (SSSR count). The zero-order valence-corrected chi connectivity index (χ0v) is 17.6. The van der Waals surface area contributed by atoms with Crippen molar-refractivity contribution in [3.8, 4) is 0 Å². The lowest BCUT2D eigenvalue weighted by molar-refractivity contribution is -0.121. The third-order valence-corrected chi connectivity index (χ3v) is 5.20. The van der Waals surface area contributed by atoms with Gasteiger partial charge in [-0.25, -0.2) is 4.79 Å². The smallest absolute Gasteiger partial charge is 0.337 e. The Bertz CT molecular complexity index is 746. The molecular weight excluding hydrogens is 372 g/mol. The van der Waals surface area contributed by atoms with E-state index in [2.05, 4.69) is 22.2 Å². The lowest BCUT2D eigenvalue weighted by atomic mass is 10.1. The second kappa shape index (κ2) is 12.1. The number of hydrogen-bond acceptors (Lipinski definition) is 5. The number of benzene rings is 1. The predicted octanol–water partition coefficient (Wildman–Crippen LogP) is 2.31. The number of amides is 1. The SMILES string of the molecule is COC(=O)c1ccc(CCCn2cc(CCC(=O)NCCC[Si]C)nn2)cc1. The van der Waals surface area contributed by atoms with Crippen LogP contribution in [0.15, 0.2) is 30.5 Å². The molecule has 0 atom stereocenters. The summed E-state index contributed by atoms with van der Waals surface area (Å²) < 4.78 is 6.52. The number of ether oxygens (including phenoxy) is 1. The van der Waals surface area contributed by atoms with Gasteiger partial charge >= 0.3 is 5.97 Å². The summed E-state index contributed by atoms with van der Waals surface area (Å²) >= 11 is 0. The summed E-state index contributed by atoms with van der Waals surface area (Å²) in [5.41, 5.74) is 2.56. The van der Waals surface area contributed by atoms with Crippen LogP contribution in [0.3, 0.4) is 0 Å². The highest BCUT2D eigenvalue weighted by Gasteiger charge is 2.07. The zero-order chi connectivity index (χ0) is 20.2. The van der Waals surface area contributed by atoms with Crippen molar-refractivity contribution in [2.75, 3.05) is 13.7 Å². The van der Waals surface area contributed by atoms with Crippen molar-refractivity contribution in [3.63, 3.8) is 0 Å². The van der Waals surface area contributed by atoms with Crippen LogP contribution in [0.5, 0.6) is 0 Å². The van der Waals surface area contributed by atoms with Gasteiger partial charge < -0.3 is 10.1 Å². The van der Waals surface area contributed by atoms with Gasteiger partial charge in [0.05, 0.1) is 18.4 Å². The lowest BCUT2D eigenvalue weighted by Gasteiger charge is -2.04. The third kappa shape index (κ3) is 7.64. The number of hydrogen-bond donors (Lipinski definition) is 1. The van der Waals surface area contributed by atoms with Gasteiger partial charge in [-0.05, 0) is 37.0 Å². The van der Waals surface area contributed by atoms with E-state index in [4.69, 9.17) is 4.74 Å². The number of carbonyl (C=O) groups excluding carboxylic acids is 2. The molecule has 1 aromatic heterocycles. The number of rotatable bonds is 12. The molecule has 0 bridgehead atoms. The summed E-state index contributed by atoms with van der Waals surface area (Å²) in [7, 11) is 2.32. The molecule has 150 valence electrons. The quantitative estimate of drug-likeness (QED) is 0.336. The molecule has 2 aromatic rings. The fourth-order valence-electron chi connectivity index (χ4n) is 2.76. The van der Waals surface area contributed by atoms with E-state index >= 15 is 0 Å². The molecule has 0 saturated carbocycles. The number of carbonyl (C=O) groups is 2. The molecule has 28 heavy (non-hydrogen) atoms. The molecule has 0 spiro atoms. The minimum Gasteiger partial charge on any atom is -0.465 e. The van der Waals surface area contributed by atoms with Crippen LogP contribution >= 0.6 is 0 Å². The Morgan fingerprint density at radius 2 is 1.96 bits per heavy atom. The van der Waals surface area contributed by atoms with Gasteiger partial charge in [-0.15, -0.1) is 5.10 Å². The maximum atomic E-state index is 11.8. The number of aromatic nitrogens is 3. The monoisotopic (exact) mass is 400 g/mol. The number of methoxy groups -OCH3 is 1. The highest BCUT2D eigenvalue weighted by atomic mass is 28.2. The summed E-state index contributed by atoms with van der Waals surface area (Å²) in [4.78, 5) is 23.2. The topological polar surface area (TPSA) is 86.1 Å². The standard InChI is InChI=1S/C20H28N4O3Si/c1-27-20(26)17-8-6-16(7-9-17)5-3-13-24-15-18(22-23-24)10-11-19(25)21-12-4-14-28-2/h6-9,15H,3-5,10-14H2,1-2H3,(H,21,25). The van der Waals surface area contributed by atoms with Crippen molar-refractivity contribution in [3.05, 3.63) is 47.3 Å². The van der Waals surface area contributed by atoms with E-state index in [-0.39, 0.29) is 11.9 Å².